The van der Waals surface area contributed by atoms with Crippen LogP contribution in [0.3, 0.4) is 0 Å². The van der Waals surface area contributed by atoms with E-state index in [1.807, 2.05) is 57.3 Å². The van der Waals surface area contributed by atoms with Crippen LogP contribution in [-0.2, 0) is 25.5 Å². The third kappa shape index (κ3) is 7.64. The van der Waals surface area contributed by atoms with Crippen molar-refractivity contribution in [3.05, 3.63) is 56.3 Å². The molecule has 1 heterocycles. The summed E-state index contributed by atoms with van der Waals surface area (Å²) in [4.78, 5) is 50.2. The molecule has 2 amide bonds. The lowest BCUT2D eigenvalue weighted by atomic mass is 9.74. The van der Waals surface area contributed by atoms with Gasteiger partial charge in [-0.1, -0.05) is 0 Å². The van der Waals surface area contributed by atoms with Gasteiger partial charge in [-0.2, -0.15) is 0 Å². The highest BCUT2D eigenvalue weighted by atomic mass is 127. The molecular weight excluding hydrogens is 988 g/mol. The van der Waals surface area contributed by atoms with Gasteiger partial charge < -0.3 is 25.4 Å². The topological polar surface area (TPSA) is 156 Å². The van der Waals surface area contributed by atoms with Gasteiger partial charge in [0.2, 0.25) is 0 Å². The van der Waals surface area contributed by atoms with Crippen molar-refractivity contribution < 1.29 is 38.9 Å². The number of phenols is 1. The standard InChI is InChI=1S/C27H24I4N2O8/c28-16-10-15(11-17(29)23(16)36)40-24-18(30)7-14(8-19(24)31)9-20(32)25(37)27(41-26(38)39)5-3-13(4-6-27)12-33-21(34)1-2-22(33)35/h1-2,7-8,10-11,13,20,36H,3-6,9,12,32H2,(H,38,39)/t13?,20-,27?/m0/s1. The summed E-state index contributed by atoms with van der Waals surface area (Å²) < 4.78 is 14.2. The molecule has 2 aromatic carbocycles. The molecule has 0 saturated heterocycles. The van der Waals surface area contributed by atoms with Crippen molar-refractivity contribution in [1.82, 2.24) is 4.90 Å². The highest BCUT2D eigenvalue weighted by Gasteiger charge is 2.47. The number of hydrogen-bond acceptors (Lipinski definition) is 8. The van der Waals surface area contributed by atoms with Gasteiger partial charge in [-0.05, 0) is 158 Å². The van der Waals surface area contributed by atoms with E-state index < -0.39 is 23.6 Å². The van der Waals surface area contributed by atoms with Crippen LogP contribution in [0.1, 0.15) is 31.2 Å². The van der Waals surface area contributed by atoms with E-state index in [0.29, 0.717) is 31.5 Å². The Bertz CT molecular complexity index is 1370. The Morgan fingerprint density at radius 1 is 0.976 bits per heavy atom. The average molecular weight is 1010 g/mol. The predicted octanol–water partition coefficient (Wildman–Crippen LogP) is 5.59. The van der Waals surface area contributed by atoms with Gasteiger partial charge in [-0.15, -0.1) is 0 Å². The van der Waals surface area contributed by atoms with E-state index in [2.05, 4.69) is 45.2 Å². The minimum atomic E-state index is -1.59. The first-order valence-electron chi connectivity index (χ1n) is 12.4. The molecule has 1 atom stereocenters. The fraction of sp³-hybridized carbons (Fsp3) is 0.333. The third-order valence-electron chi connectivity index (χ3n) is 7.05. The Hall–Kier alpha value is -1.26. The van der Waals surface area contributed by atoms with Crippen LogP contribution in [0.2, 0.25) is 0 Å². The number of phenolic OH excluding ortho intramolecular Hbond substituents is 1. The van der Waals surface area contributed by atoms with Crippen molar-refractivity contribution in [3.63, 3.8) is 0 Å². The Balaban J connectivity index is 1.45. The lowest BCUT2D eigenvalue weighted by molar-refractivity contribution is -0.147. The maximum atomic E-state index is 13.6. The Labute approximate surface area is 290 Å². The molecule has 4 rings (SSSR count). The molecule has 41 heavy (non-hydrogen) atoms. The number of Topliss-reactive ketones (excluding diaryl/α,β-unsaturated/α-hetero) is 1. The van der Waals surface area contributed by atoms with Crippen LogP contribution < -0.4 is 10.5 Å². The first-order valence-corrected chi connectivity index (χ1v) is 16.7. The lowest BCUT2D eigenvalue weighted by Crippen LogP contribution is -2.54. The highest BCUT2D eigenvalue weighted by Crippen LogP contribution is 2.39. The normalized spacial score (nSPS) is 21.2. The summed E-state index contributed by atoms with van der Waals surface area (Å²) in [6.07, 6.45) is 2.10. The molecule has 0 unspecified atom stereocenters. The maximum absolute atomic E-state index is 13.6. The smallest absolute Gasteiger partial charge is 0.506 e. The molecule has 1 aliphatic carbocycles. The third-order valence-corrected chi connectivity index (χ3v) is 10.3. The molecule has 0 spiro atoms. The number of carbonyl (C=O) groups is 4. The number of carbonyl (C=O) groups excluding carboxylic acids is 3. The second-order valence-corrected chi connectivity index (χ2v) is 14.5. The van der Waals surface area contributed by atoms with Gasteiger partial charge in [0.05, 0.1) is 20.3 Å². The summed E-state index contributed by atoms with van der Waals surface area (Å²) in [5, 5.41) is 19.5. The molecule has 10 nitrogen and oxygen atoms in total. The van der Waals surface area contributed by atoms with Crippen LogP contribution in [0.4, 0.5) is 4.79 Å². The number of aromatic hydroxyl groups is 1. The average Bonchev–Trinajstić information content (AvgIpc) is 3.21. The minimum Gasteiger partial charge on any atom is -0.506 e. The molecule has 1 fully saturated rings. The number of rotatable bonds is 9. The Kier molecular flexibility index (Phi) is 10.8. The van der Waals surface area contributed by atoms with Crippen LogP contribution in [0.5, 0.6) is 17.2 Å². The van der Waals surface area contributed by atoms with Crippen molar-refractivity contribution in [1.29, 1.82) is 0 Å². The van der Waals surface area contributed by atoms with Crippen molar-refractivity contribution in [2.75, 3.05) is 6.54 Å². The molecule has 2 aliphatic rings. The van der Waals surface area contributed by atoms with Crippen molar-refractivity contribution >= 4 is 114 Å². The second kappa shape index (κ2) is 13.6. The highest BCUT2D eigenvalue weighted by molar-refractivity contribution is 14.1. The largest absolute Gasteiger partial charge is 0.506 e. The van der Waals surface area contributed by atoms with E-state index in [1.54, 1.807) is 12.1 Å². The summed E-state index contributed by atoms with van der Waals surface area (Å²) in [5.74, 6) is 0.0794. The number of nitrogens with two attached hydrogens (primary N) is 1. The molecule has 0 aromatic heterocycles. The number of ketones is 1. The van der Waals surface area contributed by atoms with Gasteiger partial charge in [-0.25, -0.2) is 4.79 Å². The van der Waals surface area contributed by atoms with Gasteiger partial charge in [0.15, 0.2) is 17.1 Å². The van der Waals surface area contributed by atoms with Gasteiger partial charge in [0.25, 0.3) is 11.8 Å². The van der Waals surface area contributed by atoms with E-state index in [4.69, 9.17) is 15.2 Å². The van der Waals surface area contributed by atoms with E-state index in [9.17, 15) is 29.4 Å². The quantitative estimate of drug-likeness (QED) is 0.166. The summed E-state index contributed by atoms with van der Waals surface area (Å²) in [7, 11) is 0. The van der Waals surface area contributed by atoms with Crippen molar-refractivity contribution in [2.45, 2.75) is 43.7 Å². The molecule has 0 radical (unpaired) electrons. The van der Waals surface area contributed by atoms with Gasteiger partial charge in [-0.3, -0.25) is 19.3 Å². The number of halogens is 4. The second-order valence-electron chi connectivity index (χ2n) is 9.83. The molecule has 0 bridgehead atoms. The minimum absolute atomic E-state index is 0.0758. The molecule has 1 aliphatic heterocycles. The Morgan fingerprint density at radius 3 is 2.02 bits per heavy atom. The van der Waals surface area contributed by atoms with Crippen LogP contribution in [0, 0.1) is 20.2 Å². The molecule has 2 aromatic rings. The summed E-state index contributed by atoms with van der Waals surface area (Å²) in [5.41, 5.74) is 5.55. The fourth-order valence-corrected chi connectivity index (χ4v) is 8.82. The van der Waals surface area contributed by atoms with Gasteiger partial charge in [0, 0.05) is 18.7 Å². The summed E-state index contributed by atoms with van der Waals surface area (Å²) in [6.45, 7) is 0.210. The fourth-order valence-electron chi connectivity index (χ4n) is 4.99. The molecule has 4 N–H and O–H groups in total. The van der Waals surface area contributed by atoms with Crippen LogP contribution in [-0.4, -0.2) is 57.1 Å². The summed E-state index contributed by atoms with van der Waals surface area (Å²) >= 11 is 8.37. The van der Waals surface area contributed by atoms with E-state index >= 15 is 0 Å². The summed E-state index contributed by atoms with van der Waals surface area (Å²) in [6, 6.07) is 6.18. The number of ether oxygens (including phenoxy) is 2. The number of nitrogens with zero attached hydrogens (tertiary/aromatic N) is 1. The Morgan fingerprint density at radius 2 is 1.51 bits per heavy atom. The van der Waals surface area contributed by atoms with Gasteiger partial charge >= 0.3 is 6.16 Å². The first-order chi connectivity index (χ1) is 19.3. The molecular formula is C27H24I4N2O8. The number of benzene rings is 2. The van der Waals surface area contributed by atoms with Crippen LogP contribution in [0.15, 0.2) is 36.4 Å². The van der Waals surface area contributed by atoms with Gasteiger partial charge in [0.1, 0.15) is 11.5 Å². The number of imide groups is 1. The number of carboxylic acid groups (broad SMARTS) is 1. The van der Waals surface area contributed by atoms with E-state index in [0.717, 1.165) is 17.6 Å². The SMILES string of the molecule is N[C@@H](Cc1cc(I)c(Oc2cc(I)c(O)c(I)c2)c(I)c1)C(=O)C1(OC(=O)O)CCC(CN2C(=O)C=CC2=O)CC1. The first kappa shape index (κ1) is 32.6. The van der Waals surface area contributed by atoms with E-state index in [1.165, 1.54) is 12.2 Å². The molecule has 1 saturated carbocycles. The zero-order chi connectivity index (χ0) is 30.1. The zero-order valence-corrected chi connectivity index (χ0v) is 29.9. The molecule has 218 valence electrons. The van der Waals surface area contributed by atoms with Crippen molar-refractivity contribution in [3.8, 4) is 17.2 Å². The van der Waals surface area contributed by atoms with Crippen LogP contribution >= 0.6 is 90.4 Å². The lowest BCUT2D eigenvalue weighted by Gasteiger charge is -2.39. The number of hydrogen-bond donors (Lipinski definition) is 3. The van der Waals surface area contributed by atoms with E-state index in [-0.39, 0.29) is 49.3 Å². The zero-order valence-electron chi connectivity index (χ0n) is 21.2. The molecule has 14 heteroatoms. The van der Waals surface area contributed by atoms with Crippen LogP contribution in [0.25, 0.3) is 0 Å². The monoisotopic (exact) mass is 1010 g/mol. The number of amides is 2. The predicted molar refractivity (Wildman–Crippen MR) is 182 cm³/mol. The maximum Gasteiger partial charge on any atom is 0.506 e. The van der Waals surface area contributed by atoms with Crippen molar-refractivity contribution in [2.24, 2.45) is 11.7 Å².